The van der Waals surface area contributed by atoms with Crippen LogP contribution in [-0.4, -0.2) is 28.4 Å². The second kappa shape index (κ2) is 17.8. The standard InChI is InChI=1S/C76H47B2N3Se/c1-4-26-54(27-5-1)79-65-38-20-18-36-61(65)77-63-46-64-67(47-66(63)80(55-28-6-2-7-29-55)69-43-52(42-68(79)75(69)77)73-57-32-14-10-22-48(57)40-49-23-11-15-33-58(49)73)81(56-30-8-3-9-31-56)70-44-53(45-72-76(70)78(64)62-37-19-21-39-71(62)82-72)74-59-34-16-12-24-50(59)41-51-25-13-17-35-60(51)74/h1-47H. The van der Waals surface area contributed by atoms with E-state index in [0.717, 1.165) is 17.1 Å². The Balaban J connectivity index is 0.969. The van der Waals surface area contributed by atoms with Crippen LogP contribution >= 0.6 is 0 Å². The molecule has 0 spiro atoms. The quantitative estimate of drug-likeness (QED) is 0.126. The molecule has 18 rings (SSSR count). The number of para-hydroxylation sites is 4. The summed E-state index contributed by atoms with van der Waals surface area (Å²) in [5.41, 5.74) is 23.7. The monoisotopic (exact) mass is 1100 g/mol. The predicted molar refractivity (Wildman–Crippen MR) is 352 cm³/mol. The first-order chi connectivity index (χ1) is 40.7. The van der Waals surface area contributed by atoms with Gasteiger partial charge < -0.3 is 0 Å². The van der Waals surface area contributed by atoms with Crippen molar-refractivity contribution in [3.05, 3.63) is 285 Å². The van der Waals surface area contributed by atoms with Gasteiger partial charge in [-0.25, -0.2) is 0 Å². The van der Waals surface area contributed by atoms with Crippen molar-refractivity contribution in [2.45, 2.75) is 0 Å². The zero-order valence-electron chi connectivity index (χ0n) is 44.5. The molecular formula is C76H47B2N3Se. The summed E-state index contributed by atoms with van der Waals surface area (Å²) < 4.78 is 2.89. The fourth-order valence-electron chi connectivity index (χ4n) is 14.6. The molecule has 378 valence electrons. The van der Waals surface area contributed by atoms with E-state index in [1.54, 1.807) is 0 Å². The van der Waals surface area contributed by atoms with Crippen molar-refractivity contribution in [2.75, 3.05) is 14.7 Å². The number of benzene rings is 14. The maximum atomic E-state index is 2.66. The van der Waals surface area contributed by atoms with Crippen molar-refractivity contribution in [3.63, 3.8) is 0 Å². The first kappa shape index (κ1) is 46.0. The summed E-state index contributed by atoms with van der Waals surface area (Å²) in [6, 6.07) is 108. The zero-order chi connectivity index (χ0) is 53.6. The molecule has 0 unspecified atom stereocenters. The van der Waals surface area contributed by atoms with Gasteiger partial charge in [-0.05, 0) is 27.6 Å². The number of hydrogen-bond donors (Lipinski definition) is 0. The van der Waals surface area contributed by atoms with Crippen LogP contribution in [0, 0.1) is 0 Å². The molecule has 4 aliphatic rings. The van der Waals surface area contributed by atoms with Crippen molar-refractivity contribution < 1.29 is 0 Å². The maximum absolute atomic E-state index is 2.66. The summed E-state index contributed by atoms with van der Waals surface area (Å²) in [6.07, 6.45) is 0. The molecule has 0 radical (unpaired) electrons. The third kappa shape index (κ3) is 6.68. The summed E-state index contributed by atoms with van der Waals surface area (Å²) in [5, 5.41) is 10.0. The Bertz CT molecular complexity index is 4900. The molecule has 0 bridgehead atoms. The van der Waals surface area contributed by atoms with Crippen LogP contribution < -0.4 is 56.4 Å². The van der Waals surface area contributed by atoms with Gasteiger partial charge in [-0.1, -0.05) is 66.7 Å². The molecule has 0 saturated heterocycles. The van der Waals surface area contributed by atoms with Gasteiger partial charge in [-0.3, -0.25) is 0 Å². The van der Waals surface area contributed by atoms with Crippen LogP contribution in [0.15, 0.2) is 285 Å². The van der Waals surface area contributed by atoms with Gasteiger partial charge in [0.1, 0.15) is 0 Å². The van der Waals surface area contributed by atoms with Gasteiger partial charge in [0.25, 0.3) is 0 Å². The topological polar surface area (TPSA) is 9.72 Å². The summed E-state index contributed by atoms with van der Waals surface area (Å²) in [6.45, 7) is -0.0843. The minimum absolute atomic E-state index is 0.00288. The molecule has 0 saturated carbocycles. The van der Waals surface area contributed by atoms with Gasteiger partial charge in [-0.2, -0.15) is 0 Å². The van der Waals surface area contributed by atoms with Gasteiger partial charge in [0, 0.05) is 0 Å². The number of hydrogen-bond acceptors (Lipinski definition) is 3. The molecule has 3 nitrogen and oxygen atoms in total. The number of rotatable bonds is 5. The average Bonchev–Trinajstić information content (AvgIpc) is 1.53. The molecule has 0 fully saturated rings. The van der Waals surface area contributed by atoms with Gasteiger partial charge in [0.15, 0.2) is 0 Å². The Labute approximate surface area is 483 Å². The molecule has 82 heavy (non-hydrogen) atoms. The van der Waals surface area contributed by atoms with Crippen LogP contribution in [-0.2, 0) is 0 Å². The van der Waals surface area contributed by atoms with E-state index in [4.69, 9.17) is 0 Å². The van der Waals surface area contributed by atoms with E-state index in [1.165, 1.54) is 141 Å². The Kier molecular flexibility index (Phi) is 10.00. The summed E-state index contributed by atoms with van der Waals surface area (Å²) in [7, 11) is 0. The van der Waals surface area contributed by atoms with Gasteiger partial charge in [0.2, 0.25) is 0 Å². The van der Waals surface area contributed by atoms with E-state index in [1.807, 2.05) is 0 Å². The van der Waals surface area contributed by atoms with E-state index >= 15 is 0 Å². The molecule has 0 aromatic heterocycles. The Morgan fingerprint density at radius 3 is 1.12 bits per heavy atom. The molecule has 0 aliphatic carbocycles. The first-order valence-electron chi connectivity index (χ1n) is 28.5. The van der Waals surface area contributed by atoms with Crippen LogP contribution in [0.5, 0.6) is 0 Å². The SMILES string of the molecule is c1ccc(N2c3cc4c(cc3B3c5ccccc5[Se]c5cc(-c6c7ccccc7cc7ccccc67)cc2c53)B2c3ccccc3N(c3ccccc3)c3cc(-c5c6ccccc6cc6ccccc56)cc(c32)N4c2ccccc2)cc1. The normalized spacial score (nSPS) is 13.4. The molecule has 0 amide bonds. The van der Waals surface area contributed by atoms with Gasteiger partial charge >= 0.3 is 392 Å². The van der Waals surface area contributed by atoms with Crippen molar-refractivity contribution in [3.8, 4) is 22.3 Å². The van der Waals surface area contributed by atoms with Gasteiger partial charge in [0.05, 0.1) is 0 Å². The van der Waals surface area contributed by atoms with E-state index in [-0.39, 0.29) is 28.4 Å². The molecular weight excluding hydrogens is 1060 g/mol. The van der Waals surface area contributed by atoms with E-state index in [9.17, 15) is 0 Å². The average molecular weight is 1100 g/mol. The predicted octanol–water partition coefficient (Wildman–Crippen LogP) is 14.0. The zero-order valence-corrected chi connectivity index (χ0v) is 46.3. The van der Waals surface area contributed by atoms with Crippen molar-refractivity contribution >= 4 is 164 Å². The molecule has 0 atom stereocenters. The second-order valence-corrected chi connectivity index (χ2v) is 24.5. The van der Waals surface area contributed by atoms with Crippen molar-refractivity contribution in [1.82, 2.24) is 0 Å². The summed E-state index contributed by atoms with van der Waals surface area (Å²) in [5.74, 6) is 0. The van der Waals surface area contributed by atoms with Crippen LogP contribution in [0.3, 0.4) is 0 Å². The second-order valence-electron chi connectivity index (χ2n) is 22.3. The molecule has 6 heteroatoms. The van der Waals surface area contributed by atoms with Gasteiger partial charge in [-0.15, -0.1) is 0 Å². The fraction of sp³-hybridized carbons (Fsp3) is 0. The molecule has 0 N–H and O–H groups in total. The number of fused-ring (bicyclic) bond motifs is 12. The third-order valence-electron chi connectivity index (χ3n) is 17.9. The Morgan fingerprint density at radius 2 is 0.622 bits per heavy atom. The summed E-state index contributed by atoms with van der Waals surface area (Å²) in [4.78, 5) is 7.78. The van der Waals surface area contributed by atoms with Crippen LogP contribution in [0.2, 0.25) is 0 Å². The van der Waals surface area contributed by atoms with E-state index in [2.05, 4.69) is 300 Å². The Hall–Kier alpha value is -9.83. The molecule has 4 heterocycles. The molecule has 14 aromatic carbocycles. The summed E-state index contributed by atoms with van der Waals surface area (Å²) >= 11 is 0.0515. The van der Waals surface area contributed by atoms with Crippen LogP contribution in [0.4, 0.5) is 51.2 Å². The molecule has 14 aromatic rings. The minimum atomic E-state index is -0.0872. The Morgan fingerprint density at radius 1 is 0.244 bits per heavy atom. The molecule has 4 aliphatic heterocycles. The van der Waals surface area contributed by atoms with Crippen molar-refractivity contribution in [2.24, 2.45) is 0 Å². The van der Waals surface area contributed by atoms with Crippen molar-refractivity contribution in [1.29, 1.82) is 0 Å². The van der Waals surface area contributed by atoms with Crippen LogP contribution in [0.25, 0.3) is 65.3 Å². The fourth-order valence-corrected chi connectivity index (χ4v) is 17.2. The number of nitrogens with zero attached hydrogens (tertiary/aromatic N) is 3. The van der Waals surface area contributed by atoms with E-state index in [0.29, 0.717) is 0 Å². The van der Waals surface area contributed by atoms with Crippen LogP contribution in [0.1, 0.15) is 0 Å². The third-order valence-corrected chi connectivity index (χ3v) is 20.3. The first-order valence-corrected chi connectivity index (χ1v) is 30.2. The number of anilines is 9. The van der Waals surface area contributed by atoms with E-state index < -0.39 is 0 Å².